The number of carbonyl (C=O) groups excluding carboxylic acids is 13. The summed E-state index contributed by atoms with van der Waals surface area (Å²) in [6, 6.07) is 19.3. The van der Waals surface area contributed by atoms with Gasteiger partial charge in [0.05, 0.1) is 113 Å². The van der Waals surface area contributed by atoms with E-state index in [1.54, 1.807) is 88.6 Å². The van der Waals surface area contributed by atoms with E-state index in [-0.39, 0.29) is 190 Å². The summed E-state index contributed by atoms with van der Waals surface area (Å²) < 4.78 is 129. The molecule has 0 bridgehead atoms. The molecule has 5 aromatic rings. The Morgan fingerprint density at radius 3 is 1.58 bits per heavy atom. The maximum atomic E-state index is 15.5. The number of esters is 7. The largest absolute Gasteiger partial charge is 0.493 e. The predicted molar refractivity (Wildman–Crippen MR) is 535 cm³/mol. The van der Waals surface area contributed by atoms with Crippen LogP contribution in [0.15, 0.2) is 103 Å². The molecule has 0 radical (unpaired) electrons. The Balaban J connectivity index is 1.04. The van der Waals surface area contributed by atoms with Crippen molar-refractivity contribution < 1.29 is 166 Å². The predicted octanol–water partition coefficient (Wildman–Crippen LogP) is 14.5. The summed E-state index contributed by atoms with van der Waals surface area (Å²) in [7, 11) is 2.84. The standard InChI is InChI=1S/C106H143N5O35Si/c1-24-75-42-61(2)53-110(75)99(121)79-50-88(126-19)89(52-83(79)109-104(124)135-55-71-30-32-85(80(48-71)84(116)28-27-35-125-18)144-102-96(142-70(11)115)92(139-67(8)112)64(5)66(7)138-102)134-58-74-45-73(46-77(47-74)132-41-40-130-37-36-129-38-39-131-60-91(118)127-20)57-133-87-51-82(78(44-63(87)4)98(120)111-54-62(3)43-76(111)59-137-147(22,23)106(15,16)17)108-103(123)136-56-72-31-33-86(81(49-72)97(119)107-34-26-25-29-90(117)146-105(12,13)14)143-101-65(6)93(140-68(9)113)94(141-69(10)114)95(145-101)100(122)128-21/h30-33,44-52,64-66,75-76,92-96,101-102H,2-3,24-29,34-43,53-60H2,1,4-23H3,(H,107,119)(H,108,123)(H,109,124)/t64-,65-,66-,75-,76+,92+,93-,94+,95+,96-,101-,102+/m1/s1. The lowest BCUT2D eigenvalue weighted by atomic mass is 9.91. The molecule has 0 aromatic heterocycles. The van der Waals surface area contributed by atoms with Gasteiger partial charge in [-0.3, -0.25) is 53.8 Å². The van der Waals surface area contributed by atoms with E-state index < -0.39 is 166 Å². The van der Waals surface area contributed by atoms with Gasteiger partial charge in [-0.15, -0.1) is 0 Å². The SMILES string of the molecule is C=C1C[C@@H](CC)N(C(=O)c2cc(OC)c(OCc3cc(COc4cc(NC(=O)OCc5ccc(O[C@@H]6O[C@H](C(=O)OC)[C@@H](OC(C)=O)[C@H](OC(C)=O)[C@H]6C)c(C(=O)NCCCCC(=O)OC(C)(C)C)c5)c(C(=O)N5CC(=C)C[C@H]5CO[Si](C)(C)C(C)(C)C)cc4C)cc(OCCOCCOCCOCC(=O)OC)c3)cc2NC(=O)OCc2ccc(O[C@@H]3O[C@H](C)[C@@H](C)[C@H](OC(C)=O)[C@H]3OC(C)=O)c(C(=O)CCCOC)c2)C1. The summed E-state index contributed by atoms with van der Waals surface area (Å²) in [4.78, 5) is 179. The lowest BCUT2D eigenvalue weighted by Crippen LogP contribution is -2.60. The second kappa shape index (κ2) is 55.3. The summed E-state index contributed by atoms with van der Waals surface area (Å²) in [5.41, 5.74) is 2.78. The molecular formula is C106H143N5O35Si. The van der Waals surface area contributed by atoms with Crippen LogP contribution in [-0.4, -0.2) is 270 Å². The smallest absolute Gasteiger partial charge is 0.411 e. The fraction of sp³-hybridized carbons (Fsp3) is 0.557. The Labute approximate surface area is 858 Å². The van der Waals surface area contributed by atoms with Gasteiger partial charge in [-0.25, -0.2) is 19.2 Å². The van der Waals surface area contributed by atoms with Crippen LogP contribution in [0.4, 0.5) is 21.0 Å². The number of methoxy groups -OCH3 is 4. The number of aryl methyl sites for hydroxylation is 1. The van der Waals surface area contributed by atoms with Gasteiger partial charge in [0, 0.05) is 98.0 Å². The van der Waals surface area contributed by atoms with Gasteiger partial charge in [0.2, 0.25) is 18.7 Å². The van der Waals surface area contributed by atoms with Crippen LogP contribution in [-0.2, 0) is 135 Å². The number of amides is 5. The normalized spacial score (nSPS) is 19.8. The first-order valence-electron chi connectivity index (χ1n) is 49.0. The molecule has 147 heavy (non-hydrogen) atoms. The Morgan fingerprint density at radius 2 is 1.02 bits per heavy atom. The molecule has 4 saturated heterocycles. The van der Waals surface area contributed by atoms with Crippen molar-refractivity contribution in [2.75, 3.05) is 118 Å². The van der Waals surface area contributed by atoms with Crippen molar-refractivity contribution in [1.82, 2.24) is 15.1 Å². The number of benzene rings is 5. The third kappa shape index (κ3) is 34.9. The Hall–Kier alpha value is -12.8. The number of rotatable bonds is 51. The van der Waals surface area contributed by atoms with Gasteiger partial charge < -0.3 is 119 Å². The summed E-state index contributed by atoms with van der Waals surface area (Å²) >= 11 is 0. The van der Waals surface area contributed by atoms with E-state index in [1.807, 2.05) is 6.92 Å². The van der Waals surface area contributed by atoms with Gasteiger partial charge in [-0.2, -0.15) is 0 Å². The van der Waals surface area contributed by atoms with E-state index >= 15 is 9.59 Å². The van der Waals surface area contributed by atoms with Crippen molar-refractivity contribution in [3.63, 3.8) is 0 Å². The van der Waals surface area contributed by atoms with Crippen molar-refractivity contribution in [3.05, 3.63) is 153 Å². The molecule has 0 aliphatic carbocycles. The number of hydrogen-bond donors (Lipinski definition) is 3. The zero-order valence-corrected chi connectivity index (χ0v) is 89.0. The monoisotopic (exact) mass is 2070 g/mol. The summed E-state index contributed by atoms with van der Waals surface area (Å²) in [5, 5.41) is 8.25. The molecule has 4 aliphatic rings. The Kier molecular flexibility index (Phi) is 44.3. The number of carbonyl (C=O) groups is 13. The molecule has 5 aromatic carbocycles. The van der Waals surface area contributed by atoms with E-state index in [1.165, 1.54) is 83.7 Å². The summed E-state index contributed by atoms with van der Waals surface area (Å²) in [6.45, 7) is 37.8. The highest BCUT2D eigenvalue weighted by Crippen LogP contribution is 2.43. The van der Waals surface area contributed by atoms with E-state index in [0.717, 1.165) is 32.1 Å². The van der Waals surface area contributed by atoms with Crippen LogP contribution in [0.1, 0.15) is 218 Å². The molecule has 3 N–H and O–H groups in total. The van der Waals surface area contributed by atoms with Gasteiger partial charge in [0.25, 0.3) is 17.7 Å². The second-order valence-corrected chi connectivity index (χ2v) is 43.6. The maximum absolute atomic E-state index is 15.5. The van der Waals surface area contributed by atoms with Crippen molar-refractivity contribution in [2.45, 2.75) is 267 Å². The van der Waals surface area contributed by atoms with Gasteiger partial charge in [0.1, 0.15) is 74.3 Å². The van der Waals surface area contributed by atoms with Crippen LogP contribution < -0.4 is 44.4 Å². The van der Waals surface area contributed by atoms with Crippen LogP contribution in [0.2, 0.25) is 18.1 Å². The molecule has 41 heteroatoms. The number of ether oxygens (including phenoxy) is 21. The fourth-order valence-corrected chi connectivity index (χ4v) is 17.4. The molecule has 806 valence electrons. The zero-order valence-electron chi connectivity index (χ0n) is 88.0. The van der Waals surface area contributed by atoms with Gasteiger partial charge in [-0.05, 0) is 174 Å². The lowest BCUT2D eigenvalue weighted by molar-refractivity contribution is -0.263. The lowest BCUT2D eigenvalue weighted by Gasteiger charge is -2.43. The first kappa shape index (κ1) is 118. The minimum atomic E-state index is -2.38. The molecule has 0 unspecified atom stereocenters. The number of ketones is 1. The Morgan fingerprint density at radius 1 is 0.497 bits per heavy atom. The number of unbranched alkanes of at least 4 members (excludes halogenated alkanes) is 1. The van der Waals surface area contributed by atoms with Crippen molar-refractivity contribution in [3.8, 4) is 34.5 Å². The van der Waals surface area contributed by atoms with Crippen molar-refractivity contribution in [1.29, 1.82) is 0 Å². The summed E-state index contributed by atoms with van der Waals surface area (Å²) in [5.74, 6) is -7.83. The molecule has 12 atom stereocenters. The van der Waals surface area contributed by atoms with Crippen LogP contribution in [0.5, 0.6) is 34.5 Å². The molecule has 0 spiro atoms. The first-order chi connectivity index (χ1) is 69.6. The second-order valence-electron chi connectivity index (χ2n) is 38.8. The molecule has 4 aliphatic heterocycles. The van der Waals surface area contributed by atoms with Gasteiger partial charge in [-0.1, -0.05) is 78.0 Å². The van der Waals surface area contributed by atoms with E-state index in [2.05, 4.69) is 67.7 Å². The third-order valence-corrected chi connectivity index (χ3v) is 29.5. The highest BCUT2D eigenvalue weighted by atomic mass is 28.4. The van der Waals surface area contributed by atoms with Crippen LogP contribution in [0.3, 0.4) is 0 Å². The zero-order chi connectivity index (χ0) is 108. The summed E-state index contributed by atoms with van der Waals surface area (Å²) in [6.07, 6.45) is -9.64. The molecular weight excluding hydrogens is 1930 g/mol. The minimum absolute atomic E-state index is 0.000725. The van der Waals surface area contributed by atoms with E-state index in [0.29, 0.717) is 66.5 Å². The number of anilines is 2. The third-order valence-electron chi connectivity index (χ3n) is 25.0. The van der Waals surface area contributed by atoms with Crippen molar-refractivity contribution >= 4 is 97.2 Å². The quantitative estimate of drug-likeness (QED) is 0.00813. The van der Waals surface area contributed by atoms with Crippen LogP contribution in [0.25, 0.3) is 0 Å². The average molecular weight is 2080 g/mol. The van der Waals surface area contributed by atoms with Gasteiger partial charge >= 0.3 is 54.0 Å². The number of Topliss-reactive ketones (excluding diaryl/α,β-unsaturated/α-hetero) is 1. The molecule has 40 nitrogen and oxygen atoms in total. The fourth-order valence-electron chi connectivity index (χ4n) is 16.4. The highest BCUT2D eigenvalue weighted by molar-refractivity contribution is 6.74. The number of likely N-dealkylation sites (tertiary alicyclic amines) is 2. The first-order valence-corrected chi connectivity index (χ1v) is 51.9. The topological polar surface area (TPSA) is 468 Å². The minimum Gasteiger partial charge on any atom is -0.493 e. The number of nitrogens with one attached hydrogen (secondary N) is 3. The average Bonchev–Trinajstić information content (AvgIpc) is 1.77. The number of hydrogen-bond acceptors (Lipinski definition) is 35. The highest BCUT2D eigenvalue weighted by Gasteiger charge is 2.54. The van der Waals surface area contributed by atoms with Crippen LogP contribution >= 0.6 is 0 Å². The van der Waals surface area contributed by atoms with Crippen molar-refractivity contribution in [2.24, 2.45) is 11.8 Å². The molecule has 0 saturated carbocycles. The molecule has 4 fully saturated rings. The van der Waals surface area contributed by atoms with E-state index in [4.69, 9.17) is 99.2 Å². The Bertz CT molecular complexity index is 5480. The van der Waals surface area contributed by atoms with Crippen LogP contribution in [0, 0.1) is 18.8 Å². The molecule has 5 amide bonds. The number of nitrogens with zero attached hydrogens (tertiary/aromatic N) is 2. The molecule has 4 heterocycles. The van der Waals surface area contributed by atoms with E-state index in [9.17, 15) is 52.7 Å². The maximum Gasteiger partial charge on any atom is 0.411 e. The molecule has 9 rings (SSSR count). The van der Waals surface area contributed by atoms with Gasteiger partial charge in [0.15, 0.2) is 43.9 Å².